The first-order valence-corrected chi connectivity index (χ1v) is 6.79. The van der Waals surface area contributed by atoms with Gasteiger partial charge in [0.2, 0.25) is 0 Å². The Labute approximate surface area is 106 Å². The Morgan fingerprint density at radius 3 is 2.24 bits per heavy atom. The molecule has 0 bridgehead atoms. The lowest BCUT2D eigenvalue weighted by molar-refractivity contribution is -0.00325. The SMILES string of the molecule is CSC(C)(C)CNCC(F)(F)c1ccccc1. The van der Waals surface area contributed by atoms with Crippen molar-refractivity contribution in [2.24, 2.45) is 0 Å². The molecule has 0 amide bonds. The van der Waals surface area contributed by atoms with E-state index in [4.69, 9.17) is 0 Å². The van der Waals surface area contributed by atoms with E-state index in [-0.39, 0.29) is 16.9 Å². The summed E-state index contributed by atoms with van der Waals surface area (Å²) >= 11 is 1.67. The molecule has 0 aromatic heterocycles. The molecular formula is C13H19F2NS. The fourth-order valence-electron chi connectivity index (χ4n) is 1.38. The van der Waals surface area contributed by atoms with Crippen molar-refractivity contribution in [1.82, 2.24) is 5.32 Å². The van der Waals surface area contributed by atoms with Gasteiger partial charge >= 0.3 is 0 Å². The Morgan fingerprint density at radius 2 is 1.71 bits per heavy atom. The topological polar surface area (TPSA) is 12.0 Å². The minimum atomic E-state index is -2.81. The predicted molar refractivity (Wildman–Crippen MR) is 70.8 cm³/mol. The highest BCUT2D eigenvalue weighted by molar-refractivity contribution is 7.99. The van der Waals surface area contributed by atoms with Crippen LogP contribution in [0.25, 0.3) is 0 Å². The van der Waals surface area contributed by atoms with Crippen LogP contribution < -0.4 is 5.32 Å². The molecule has 0 aliphatic rings. The van der Waals surface area contributed by atoms with Crippen LogP contribution in [0.4, 0.5) is 8.78 Å². The van der Waals surface area contributed by atoms with Gasteiger partial charge in [-0.05, 0) is 20.1 Å². The molecule has 4 heteroatoms. The van der Waals surface area contributed by atoms with Crippen molar-refractivity contribution in [2.75, 3.05) is 19.3 Å². The van der Waals surface area contributed by atoms with Crippen LogP contribution in [-0.4, -0.2) is 24.1 Å². The Morgan fingerprint density at radius 1 is 1.12 bits per heavy atom. The van der Waals surface area contributed by atoms with Gasteiger partial charge in [-0.25, -0.2) is 0 Å². The lowest BCUT2D eigenvalue weighted by atomic mass is 10.1. The summed E-state index contributed by atoms with van der Waals surface area (Å²) in [5.74, 6) is -2.81. The molecule has 0 saturated heterocycles. The molecule has 1 aromatic carbocycles. The molecule has 0 unspecified atom stereocenters. The summed E-state index contributed by atoms with van der Waals surface area (Å²) in [5, 5.41) is 2.84. The molecule has 1 nitrogen and oxygen atoms in total. The summed E-state index contributed by atoms with van der Waals surface area (Å²) in [6.07, 6.45) is 1.98. The lowest BCUT2D eigenvalue weighted by Crippen LogP contribution is -2.38. The number of nitrogens with one attached hydrogen (secondary N) is 1. The van der Waals surface area contributed by atoms with Gasteiger partial charge in [0.1, 0.15) is 0 Å². The minimum absolute atomic E-state index is 0.0211. The van der Waals surface area contributed by atoms with E-state index in [9.17, 15) is 8.78 Å². The van der Waals surface area contributed by atoms with Gasteiger partial charge < -0.3 is 5.32 Å². The third-order valence-corrected chi connectivity index (χ3v) is 3.90. The van der Waals surface area contributed by atoms with E-state index < -0.39 is 5.92 Å². The van der Waals surface area contributed by atoms with Crippen LogP contribution in [0.2, 0.25) is 0 Å². The Kier molecular flexibility index (Phi) is 4.95. The highest BCUT2D eigenvalue weighted by Crippen LogP contribution is 2.27. The second-order valence-electron chi connectivity index (χ2n) is 4.64. The molecule has 0 aliphatic carbocycles. The van der Waals surface area contributed by atoms with Gasteiger partial charge in [0.05, 0.1) is 6.54 Å². The summed E-state index contributed by atoms with van der Waals surface area (Å²) in [6.45, 7) is 4.31. The third-order valence-electron chi connectivity index (χ3n) is 2.65. The maximum absolute atomic E-state index is 13.8. The fraction of sp³-hybridized carbons (Fsp3) is 0.538. The molecule has 0 saturated carbocycles. The van der Waals surface area contributed by atoms with Crippen LogP contribution in [0, 0.1) is 0 Å². The number of thioether (sulfide) groups is 1. The van der Waals surface area contributed by atoms with Gasteiger partial charge in [-0.2, -0.15) is 20.5 Å². The van der Waals surface area contributed by atoms with Crippen molar-refractivity contribution in [3.63, 3.8) is 0 Å². The number of halogens is 2. The second-order valence-corrected chi connectivity index (χ2v) is 6.15. The molecule has 96 valence electrons. The minimum Gasteiger partial charge on any atom is -0.309 e. The van der Waals surface area contributed by atoms with E-state index in [1.807, 2.05) is 20.1 Å². The van der Waals surface area contributed by atoms with Crippen molar-refractivity contribution in [2.45, 2.75) is 24.5 Å². The summed E-state index contributed by atoms with van der Waals surface area (Å²) < 4.78 is 27.5. The first kappa shape index (κ1) is 14.5. The van der Waals surface area contributed by atoms with Crippen LogP contribution in [-0.2, 0) is 5.92 Å². The molecule has 0 fully saturated rings. The maximum Gasteiger partial charge on any atom is 0.285 e. The number of hydrogen-bond donors (Lipinski definition) is 1. The molecule has 0 aliphatic heterocycles. The van der Waals surface area contributed by atoms with Gasteiger partial charge in [-0.1, -0.05) is 30.3 Å². The molecule has 17 heavy (non-hydrogen) atoms. The second kappa shape index (κ2) is 5.83. The molecule has 1 N–H and O–H groups in total. The average Bonchev–Trinajstić information content (AvgIpc) is 2.30. The molecule has 0 atom stereocenters. The standard InChI is InChI=1S/C13H19F2NS/c1-12(2,17-3)9-16-10-13(14,15)11-7-5-4-6-8-11/h4-8,16H,9-10H2,1-3H3. The van der Waals surface area contributed by atoms with Gasteiger partial charge in [0.15, 0.2) is 0 Å². The number of rotatable bonds is 6. The van der Waals surface area contributed by atoms with Crippen LogP contribution in [0.1, 0.15) is 19.4 Å². The fourth-order valence-corrected chi connectivity index (χ4v) is 1.62. The van der Waals surface area contributed by atoms with E-state index >= 15 is 0 Å². The third kappa shape index (κ3) is 4.64. The van der Waals surface area contributed by atoms with Crippen LogP contribution in [0.5, 0.6) is 0 Å². The summed E-state index contributed by atoms with van der Waals surface area (Å²) in [7, 11) is 0. The molecule has 0 spiro atoms. The van der Waals surface area contributed by atoms with Crippen molar-refractivity contribution in [3.8, 4) is 0 Å². The summed E-state index contributed by atoms with van der Waals surface area (Å²) in [6, 6.07) is 7.93. The van der Waals surface area contributed by atoms with Crippen LogP contribution in [0.15, 0.2) is 30.3 Å². The largest absolute Gasteiger partial charge is 0.309 e. The highest BCUT2D eigenvalue weighted by atomic mass is 32.2. The first-order valence-electron chi connectivity index (χ1n) is 5.57. The molecule has 1 rings (SSSR count). The van der Waals surface area contributed by atoms with E-state index in [0.29, 0.717) is 6.54 Å². The maximum atomic E-state index is 13.8. The van der Waals surface area contributed by atoms with Crippen molar-refractivity contribution in [3.05, 3.63) is 35.9 Å². The van der Waals surface area contributed by atoms with Crippen LogP contribution >= 0.6 is 11.8 Å². The summed E-state index contributed by atoms with van der Waals surface area (Å²) in [5.41, 5.74) is 0.0643. The molecule has 1 aromatic rings. The van der Waals surface area contributed by atoms with E-state index in [1.54, 1.807) is 30.0 Å². The Balaban J connectivity index is 2.51. The first-order chi connectivity index (χ1) is 7.87. The average molecular weight is 259 g/mol. The monoisotopic (exact) mass is 259 g/mol. The molecule has 0 radical (unpaired) electrons. The van der Waals surface area contributed by atoms with Gasteiger partial charge in [0.25, 0.3) is 5.92 Å². The van der Waals surface area contributed by atoms with Crippen LogP contribution in [0.3, 0.4) is 0 Å². The van der Waals surface area contributed by atoms with Crippen molar-refractivity contribution >= 4 is 11.8 Å². The molecular weight excluding hydrogens is 240 g/mol. The summed E-state index contributed by atoms with van der Waals surface area (Å²) in [4.78, 5) is 0. The van der Waals surface area contributed by atoms with E-state index in [1.165, 1.54) is 12.1 Å². The number of alkyl halides is 2. The molecule has 0 heterocycles. The number of benzene rings is 1. The zero-order valence-corrected chi connectivity index (χ0v) is 11.3. The lowest BCUT2D eigenvalue weighted by Gasteiger charge is -2.24. The quantitative estimate of drug-likeness (QED) is 0.839. The number of hydrogen-bond acceptors (Lipinski definition) is 2. The normalized spacial score (nSPS) is 12.8. The van der Waals surface area contributed by atoms with Crippen molar-refractivity contribution < 1.29 is 8.78 Å². The van der Waals surface area contributed by atoms with E-state index in [0.717, 1.165) is 0 Å². The predicted octanol–water partition coefficient (Wildman–Crippen LogP) is 3.51. The zero-order chi connectivity index (χ0) is 12.9. The van der Waals surface area contributed by atoms with Gasteiger partial charge in [0, 0.05) is 16.9 Å². The smallest absolute Gasteiger partial charge is 0.285 e. The van der Waals surface area contributed by atoms with Crippen molar-refractivity contribution in [1.29, 1.82) is 0 Å². The highest BCUT2D eigenvalue weighted by Gasteiger charge is 2.31. The zero-order valence-electron chi connectivity index (χ0n) is 10.5. The Bertz CT molecular complexity index is 339. The van der Waals surface area contributed by atoms with E-state index in [2.05, 4.69) is 5.32 Å². The van der Waals surface area contributed by atoms with Gasteiger partial charge in [-0.15, -0.1) is 0 Å². The van der Waals surface area contributed by atoms with Gasteiger partial charge in [-0.3, -0.25) is 0 Å². The Hall–Kier alpha value is -0.610.